The van der Waals surface area contributed by atoms with E-state index in [1.807, 2.05) is 48.5 Å². The molecule has 0 heterocycles. The third-order valence-corrected chi connectivity index (χ3v) is 6.13. The number of nitrogens with one attached hydrogen (secondary N) is 1. The van der Waals surface area contributed by atoms with Gasteiger partial charge in [0.25, 0.3) is 0 Å². The number of carbonyl (C=O) groups excluding carboxylic acids is 2. The normalized spacial score (nSPS) is 23.8. The summed E-state index contributed by atoms with van der Waals surface area (Å²) in [6, 6.07) is 14.9. The highest BCUT2D eigenvalue weighted by Gasteiger charge is 2.49. The summed E-state index contributed by atoms with van der Waals surface area (Å²) in [5.41, 5.74) is 1.44. The Kier molecular flexibility index (Phi) is 6.48. The lowest BCUT2D eigenvalue weighted by Crippen LogP contribution is -2.48. The molecular weight excluding hydrogens is 446 g/mol. The van der Waals surface area contributed by atoms with Crippen LogP contribution in [0.25, 0.3) is 0 Å². The molecule has 0 fully saturated rings. The molecule has 0 spiro atoms. The van der Waals surface area contributed by atoms with Crippen LogP contribution in [0.15, 0.2) is 64.3 Å². The van der Waals surface area contributed by atoms with E-state index in [1.54, 1.807) is 14.0 Å². The van der Waals surface area contributed by atoms with Gasteiger partial charge in [-0.3, -0.25) is 9.59 Å². The molecule has 1 aliphatic carbocycles. The second-order valence-corrected chi connectivity index (χ2v) is 8.87. The lowest BCUT2D eigenvalue weighted by atomic mass is 9.64. The van der Waals surface area contributed by atoms with Crippen molar-refractivity contribution in [2.45, 2.75) is 38.7 Å². The topological polar surface area (TPSA) is 75.6 Å². The first-order chi connectivity index (χ1) is 14.1. The number of halogens is 1. The molecule has 2 aromatic carbocycles. The molecule has 2 aromatic rings. The van der Waals surface area contributed by atoms with Crippen LogP contribution >= 0.6 is 15.9 Å². The van der Waals surface area contributed by atoms with Crippen molar-refractivity contribution in [2.75, 3.05) is 12.4 Å². The molecule has 158 valence electrons. The predicted octanol–water partition coefficient (Wildman–Crippen LogP) is 4.86. The Morgan fingerprint density at radius 2 is 1.70 bits per heavy atom. The van der Waals surface area contributed by atoms with Gasteiger partial charge in [-0.15, -0.1) is 0 Å². The van der Waals surface area contributed by atoms with E-state index in [0.717, 1.165) is 21.5 Å². The van der Waals surface area contributed by atoms with Gasteiger partial charge in [0.05, 0.1) is 18.6 Å². The number of benzene rings is 2. The average molecular weight is 472 g/mol. The Balaban J connectivity index is 2.16. The van der Waals surface area contributed by atoms with Crippen molar-refractivity contribution in [1.29, 1.82) is 0 Å². The Hall–Kier alpha value is -2.44. The number of anilines is 1. The lowest BCUT2D eigenvalue weighted by Gasteiger charge is -2.43. The molecule has 0 bridgehead atoms. The Bertz CT molecular complexity index is 977. The van der Waals surface area contributed by atoms with Gasteiger partial charge in [-0.05, 0) is 62.7 Å². The minimum Gasteiger partial charge on any atom is -0.497 e. The molecular formula is C24H26BrNO4. The summed E-state index contributed by atoms with van der Waals surface area (Å²) >= 11 is 3.43. The van der Waals surface area contributed by atoms with Gasteiger partial charge in [-0.2, -0.15) is 0 Å². The molecule has 0 amide bonds. The van der Waals surface area contributed by atoms with Crippen LogP contribution in [0.1, 0.15) is 38.7 Å². The van der Waals surface area contributed by atoms with E-state index in [2.05, 4.69) is 21.2 Å². The molecule has 2 N–H and O–H groups in total. The van der Waals surface area contributed by atoms with E-state index in [1.165, 1.54) is 13.8 Å². The summed E-state index contributed by atoms with van der Waals surface area (Å²) in [5, 5.41) is 14.6. The smallest absolute Gasteiger partial charge is 0.158 e. The van der Waals surface area contributed by atoms with Crippen molar-refractivity contribution in [3.8, 4) is 5.75 Å². The molecule has 30 heavy (non-hydrogen) atoms. The summed E-state index contributed by atoms with van der Waals surface area (Å²) in [6.45, 7) is 4.65. The number of carbonyl (C=O) groups is 2. The Labute approximate surface area is 185 Å². The van der Waals surface area contributed by atoms with Gasteiger partial charge in [0.1, 0.15) is 11.5 Å². The zero-order chi connectivity index (χ0) is 22.1. The highest BCUT2D eigenvalue weighted by molar-refractivity contribution is 9.10. The summed E-state index contributed by atoms with van der Waals surface area (Å²) in [4.78, 5) is 25.4. The van der Waals surface area contributed by atoms with Crippen molar-refractivity contribution < 1.29 is 19.4 Å². The SMILES string of the molecule is COc1ccc(NC2=C(C(C)=O)[C@H](c3ccc(Br)cc3)[C@H](C(C)=O)[C@@](C)(O)C2)cc1. The molecule has 0 aromatic heterocycles. The fraction of sp³-hybridized carbons (Fsp3) is 0.333. The molecule has 3 rings (SSSR count). The second-order valence-electron chi connectivity index (χ2n) is 7.95. The number of ketones is 2. The molecule has 0 aliphatic heterocycles. The van der Waals surface area contributed by atoms with Crippen LogP contribution < -0.4 is 10.1 Å². The first kappa shape index (κ1) is 22.2. The fourth-order valence-corrected chi connectivity index (χ4v) is 4.63. The van der Waals surface area contributed by atoms with Crippen LogP contribution in [0.3, 0.4) is 0 Å². The maximum Gasteiger partial charge on any atom is 0.158 e. The number of ether oxygens (including phenoxy) is 1. The molecule has 0 radical (unpaired) electrons. The van der Waals surface area contributed by atoms with Gasteiger partial charge < -0.3 is 15.2 Å². The standard InChI is InChI=1S/C24H26BrNO4/c1-14(27)21-20(26-18-9-11-19(30-4)12-10-18)13-24(3,29)23(15(2)28)22(21)16-5-7-17(25)8-6-16/h5-12,22-23,26,29H,13H2,1-4H3/t22-,23-,24-/m0/s1. The van der Waals surface area contributed by atoms with Gasteiger partial charge in [-0.25, -0.2) is 0 Å². The number of hydrogen-bond donors (Lipinski definition) is 2. The summed E-state index contributed by atoms with van der Waals surface area (Å²) < 4.78 is 6.10. The monoisotopic (exact) mass is 471 g/mol. The van der Waals surface area contributed by atoms with E-state index < -0.39 is 17.4 Å². The van der Waals surface area contributed by atoms with Crippen LogP contribution in [0.5, 0.6) is 5.75 Å². The van der Waals surface area contributed by atoms with Gasteiger partial charge in [0, 0.05) is 33.8 Å². The molecule has 0 saturated carbocycles. The number of methoxy groups -OCH3 is 1. The largest absolute Gasteiger partial charge is 0.497 e. The van der Waals surface area contributed by atoms with Crippen LogP contribution in [0, 0.1) is 5.92 Å². The van der Waals surface area contributed by atoms with Gasteiger partial charge in [-0.1, -0.05) is 28.1 Å². The van der Waals surface area contributed by atoms with Crippen molar-refractivity contribution >= 4 is 33.2 Å². The van der Waals surface area contributed by atoms with Crippen molar-refractivity contribution in [3.05, 3.63) is 69.8 Å². The van der Waals surface area contributed by atoms with Crippen LogP contribution in [0.2, 0.25) is 0 Å². The van der Waals surface area contributed by atoms with E-state index >= 15 is 0 Å². The first-order valence-corrected chi connectivity index (χ1v) is 10.6. The maximum absolute atomic E-state index is 12.8. The maximum atomic E-state index is 12.8. The number of aliphatic hydroxyl groups is 1. The molecule has 1 aliphatic rings. The van der Waals surface area contributed by atoms with Crippen molar-refractivity contribution in [3.63, 3.8) is 0 Å². The van der Waals surface area contributed by atoms with Crippen LogP contribution in [-0.2, 0) is 9.59 Å². The van der Waals surface area contributed by atoms with Crippen molar-refractivity contribution in [2.24, 2.45) is 5.92 Å². The Morgan fingerprint density at radius 1 is 1.10 bits per heavy atom. The summed E-state index contributed by atoms with van der Waals surface area (Å²) in [5.74, 6) is -0.811. The third kappa shape index (κ3) is 4.50. The van der Waals surface area contributed by atoms with Crippen LogP contribution in [-0.4, -0.2) is 29.4 Å². The Morgan fingerprint density at radius 3 is 2.20 bits per heavy atom. The van der Waals surface area contributed by atoms with Crippen LogP contribution in [0.4, 0.5) is 5.69 Å². The highest BCUT2D eigenvalue weighted by Crippen LogP contribution is 2.47. The number of allylic oxidation sites excluding steroid dienone is 1. The first-order valence-electron chi connectivity index (χ1n) is 9.77. The van der Waals surface area contributed by atoms with Gasteiger partial charge in [0.15, 0.2) is 5.78 Å². The number of rotatable bonds is 6. The minimum absolute atomic E-state index is 0.124. The molecule has 0 saturated heterocycles. The number of hydrogen-bond acceptors (Lipinski definition) is 5. The average Bonchev–Trinajstić information content (AvgIpc) is 2.67. The van der Waals surface area contributed by atoms with E-state index in [-0.39, 0.29) is 18.0 Å². The quantitative estimate of drug-likeness (QED) is 0.629. The summed E-state index contributed by atoms with van der Waals surface area (Å²) in [6.07, 6.45) is 0.172. The van der Waals surface area contributed by atoms with Crippen molar-refractivity contribution in [1.82, 2.24) is 0 Å². The highest BCUT2D eigenvalue weighted by atomic mass is 79.9. The molecule has 6 heteroatoms. The number of Topliss-reactive ketones (excluding diaryl/α,β-unsaturated/α-hetero) is 2. The zero-order valence-corrected chi connectivity index (χ0v) is 19.1. The zero-order valence-electron chi connectivity index (χ0n) is 17.5. The molecule has 5 nitrogen and oxygen atoms in total. The second kappa shape index (κ2) is 8.74. The minimum atomic E-state index is -1.31. The van der Waals surface area contributed by atoms with E-state index in [4.69, 9.17) is 4.74 Å². The molecule has 0 unspecified atom stereocenters. The lowest BCUT2D eigenvalue weighted by molar-refractivity contribution is -0.131. The fourth-order valence-electron chi connectivity index (χ4n) is 4.37. The third-order valence-electron chi connectivity index (χ3n) is 5.61. The predicted molar refractivity (Wildman–Crippen MR) is 121 cm³/mol. The van der Waals surface area contributed by atoms with Gasteiger partial charge in [0.2, 0.25) is 0 Å². The molecule has 3 atom stereocenters. The summed E-state index contributed by atoms with van der Waals surface area (Å²) in [7, 11) is 1.60. The van der Waals surface area contributed by atoms with E-state index in [9.17, 15) is 14.7 Å². The van der Waals surface area contributed by atoms with Gasteiger partial charge >= 0.3 is 0 Å². The van der Waals surface area contributed by atoms with E-state index in [0.29, 0.717) is 11.3 Å².